The molecule has 0 radical (unpaired) electrons. The number of sulfone groups is 1. The van der Waals surface area contributed by atoms with Crippen LogP contribution in [0, 0.1) is 0 Å². The number of amides is 3. The maximum absolute atomic E-state index is 13.1. The zero-order chi connectivity index (χ0) is 26.1. The van der Waals surface area contributed by atoms with Gasteiger partial charge >= 0.3 is 11.5 Å². The van der Waals surface area contributed by atoms with Crippen LogP contribution in [0.3, 0.4) is 0 Å². The number of hydrogen-bond acceptors (Lipinski definition) is 6. The molecule has 2 unspecified atom stereocenters. The first-order chi connectivity index (χ1) is 17.0. The third-order valence-electron chi connectivity index (χ3n) is 5.69. The predicted molar refractivity (Wildman–Crippen MR) is 123 cm³/mol. The monoisotopic (exact) mass is 519 g/mol. The third-order valence-corrected chi connectivity index (χ3v) is 7.19. The van der Waals surface area contributed by atoms with Crippen molar-refractivity contribution in [1.29, 1.82) is 0 Å². The Hall–Kier alpha value is -3.93. The van der Waals surface area contributed by atoms with Crippen LogP contribution in [-0.4, -0.2) is 36.9 Å². The van der Waals surface area contributed by atoms with Gasteiger partial charge < -0.3 is 10.1 Å². The molecule has 0 saturated carbocycles. The largest absolute Gasteiger partial charge is 0.501 e. The molecular weight excluding hydrogens is 499 g/mol. The van der Waals surface area contributed by atoms with Crippen LogP contribution < -0.4 is 15.0 Å². The average molecular weight is 520 g/mol. The highest BCUT2D eigenvalue weighted by Gasteiger charge is 2.47. The van der Waals surface area contributed by atoms with Crippen molar-refractivity contribution < 1.29 is 35.9 Å². The van der Waals surface area contributed by atoms with Gasteiger partial charge in [0.25, 0.3) is 15.7 Å². The molecule has 1 aliphatic heterocycles. The fourth-order valence-electron chi connectivity index (χ4n) is 3.70. The molecule has 12 heteroatoms. The number of urea groups is 1. The number of aromatic nitrogens is 1. The zero-order valence-electron chi connectivity index (χ0n) is 18.8. The van der Waals surface area contributed by atoms with Gasteiger partial charge in [-0.25, -0.2) is 23.1 Å². The lowest BCUT2D eigenvalue weighted by atomic mass is 9.94. The van der Waals surface area contributed by atoms with Gasteiger partial charge in [-0.2, -0.15) is 13.2 Å². The van der Waals surface area contributed by atoms with E-state index in [0.29, 0.717) is 30.2 Å². The summed E-state index contributed by atoms with van der Waals surface area (Å²) >= 11 is 0. The molecule has 4 rings (SSSR count). The number of carbonyl (C=O) groups is 2. The first-order valence-electron chi connectivity index (χ1n) is 10.7. The molecule has 1 N–H and O–H groups in total. The molecule has 8 nitrogen and oxygen atoms in total. The van der Waals surface area contributed by atoms with E-state index in [9.17, 15) is 31.2 Å². The summed E-state index contributed by atoms with van der Waals surface area (Å²) in [5.41, 5.74) is -3.92. The minimum absolute atomic E-state index is 0.0602. The molecule has 0 spiro atoms. The number of rotatable bonds is 7. The van der Waals surface area contributed by atoms with E-state index in [-0.39, 0.29) is 5.69 Å². The number of benzene rings is 2. The molecule has 2 atom stereocenters. The number of carbonyl (C=O) groups excluding carboxylic acids is 2. The summed E-state index contributed by atoms with van der Waals surface area (Å²) in [4.78, 5) is 29.6. The highest BCUT2D eigenvalue weighted by molar-refractivity contribution is 7.92. The second-order valence-corrected chi connectivity index (χ2v) is 9.98. The quantitative estimate of drug-likeness (QED) is 0.470. The highest BCUT2D eigenvalue weighted by atomic mass is 32.2. The molecule has 3 amide bonds. The second kappa shape index (κ2) is 9.61. The van der Waals surface area contributed by atoms with E-state index in [4.69, 9.17) is 4.74 Å². The van der Waals surface area contributed by atoms with Crippen LogP contribution >= 0.6 is 0 Å². The number of nitrogens with one attached hydrogen (secondary N) is 1. The van der Waals surface area contributed by atoms with Gasteiger partial charge in [-0.05, 0) is 41.5 Å². The minimum Gasteiger partial charge on any atom is -0.473 e. The van der Waals surface area contributed by atoms with Crippen LogP contribution in [0.5, 0.6) is 5.88 Å². The Morgan fingerprint density at radius 1 is 1.06 bits per heavy atom. The Morgan fingerprint density at radius 3 is 2.36 bits per heavy atom. The van der Waals surface area contributed by atoms with E-state index in [1.54, 1.807) is 19.1 Å². The van der Waals surface area contributed by atoms with Crippen LogP contribution in [0.1, 0.15) is 24.0 Å². The minimum atomic E-state index is -5.55. The molecule has 1 aliphatic rings. The van der Waals surface area contributed by atoms with E-state index in [1.165, 1.54) is 6.20 Å². The number of hydrogen-bond donors (Lipinski definition) is 1. The highest BCUT2D eigenvalue weighted by Crippen LogP contribution is 2.33. The van der Waals surface area contributed by atoms with E-state index in [1.807, 2.05) is 30.3 Å². The summed E-state index contributed by atoms with van der Waals surface area (Å²) in [6.07, 6.45) is 1.52. The fraction of sp³-hybridized carbons (Fsp3) is 0.208. The van der Waals surface area contributed by atoms with Crippen LogP contribution in [0.25, 0.3) is 0 Å². The van der Waals surface area contributed by atoms with Gasteiger partial charge in [-0.3, -0.25) is 4.79 Å². The number of ether oxygens (including phenoxy) is 1. The first-order valence-corrected chi connectivity index (χ1v) is 12.2. The third kappa shape index (κ3) is 4.89. The van der Waals surface area contributed by atoms with E-state index < -0.39 is 44.1 Å². The van der Waals surface area contributed by atoms with Gasteiger partial charge in [0.2, 0.25) is 5.88 Å². The van der Waals surface area contributed by atoms with Crippen molar-refractivity contribution in [3.8, 4) is 5.88 Å². The van der Waals surface area contributed by atoms with Crippen molar-refractivity contribution in [2.75, 3.05) is 4.90 Å². The average Bonchev–Trinajstić information content (AvgIpc) is 3.16. The molecule has 0 bridgehead atoms. The van der Waals surface area contributed by atoms with Gasteiger partial charge in [-0.1, -0.05) is 37.3 Å². The molecule has 2 heterocycles. The van der Waals surface area contributed by atoms with Crippen LogP contribution in [-0.2, 0) is 21.2 Å². The molecule has 3 aromatic rings. The van der Waals surface area contributed by atoms with Gasteiger partial charge in [0.05, 0.1) is 10.6 Å². The molecule has 1 fully saturated rings. The number of alkyl halides is 3. The summed E-state index contributed by atoms with van der Waals surface area (Å²) in [6.45, 7) is 2.01. The summed E-state index contributed by atoms with van der Waals surface area (Å²) in [5.74, 6) is -0.806. The zero-order valence-corrected chi connectivity index (χ0v) is 19.6. The number of halogens is 3. The van der Waals surface area contributed by atoms with Crippen molar-refractivity contribution in [2.24, 2.45) is 0 Å². The van der Waals surface area contributed by atoms with Crippen molar-refractivity contribution in [3.05, 3.63) is 84.1 Å². The summed E-state index contributed by atoms with van der Waals surface area (Å²) in [7, 11) is -5.55. The Kier molecular flexibility index (Phi) is 6.72. The van der Waals surface area contributed by atoms with Crippen LogP contribution in [0.4, 0.5) is 23.7 Å². The van der Waals surface area contributed by atoms with E-state index in [2.05, 4.69) is 10.3 Å². The van der Waals surface area contributed by atoms with Crippen molar-refractivity contribution in [1.82, 2.24) is 10.3 Å². The Morgan fingerprint density at radius 2 is 1.72 bits per heavy atom. The Labute approximate surface area is 204 Å². The smallest absolute Gasteiger partial charge is 0.473 e. The van der Waals surface area contributed by atoms with Gasteiger partial charge in [0.15, 0.2) is 0 Å². The lowest BCUT2D eigenvalue weighted by molar-refractivity contribution is -0.118. The number of imide groups is 1. The lowest BCUT2D eigenvalue weighted by Gasteiger charge is -2.19. The standard InChI is InChI=1S/C24H20F3N3O5S/c1-15(17-11-12-28-20(13-17)35-14-16-5-3-2-4-6-16)21-22(31)30(23(32)29-21)18-7-9-19(10-8-18)36(33,34)24(25,26)27/h2-13,15,21H,14H2,1H3,(H,29,32). The summed E-state index contributed by atoms with van der Waals surface area (Å²) in [5, 5.41) is 2.57. The topological polar surface area (TPSA) is 106 Å². The van der Waals surface area contributed by atoms with Gasteiger partial charge in [-0.15, -0.1) is 0 Å². The molecule has 188 valence electrons. The maximum atomic E-state index is 13.1. The van der Waals surface area contributed by atoms with Crippen LogP contribution in [0.2, 0.25) is 0 Å². The van der Waals surface area contributed by atoms with Crippen molar-refractivity contribution in [2.45, 2.75) is 35.9 Å². The number of pyridine rings is 1. The first kappa shape index (κ1) is 25.2. The normalized spacial score (nSPS) is 17.1. The predicted octanol–water partition coefficient (Wildman–Crippen LogP) is 4.18. The fourth-order valence-corrected chi connectivity index (χ4v) is 4.46. The molecular formula is C24H20F3N3O5S. The Balaban J connectivity index is 1.49. The molecule has 2 aromatic carbocycles. The molecule has 0 aliphatic carbocycles. The SMILES string of the molecule is CC(c1ccnc(OCc2ccccc2)c1)C1NC(=O)N(c2ccc(S(=O)(=O)C(F)(F)F)cc2)C1=O. The lowest BCUT2D eigenvalue weighted by Crippen LogP contribution is -2.35. The van der Waals surface area contributed by atoms with Gasteiger partial charge in [0.1, 0.15) is 12.6 Å². The molecule has 36 heavy (non-hydrogen) atoms. The van der Waals surface area contributed by atoms with E-state index >= 15 is 0 Å². The number of nitrogens with zero attached hydrogens (tertiary/aromatic N) is 2. The molecule has 1 saturated heterocycles. The van der Waals surface area contributed by atoms with Crippen LogP contribution in [0.15, 0.2) is 77.8 Å². The Bertz CT molecular complexity index is 1380. The van der Waals surface area contributed by atoms with E-state index in [0.717, 1.165) is 22.6 Å². The van der Waals surface area contributed by atoms with Crippen molar-refractivity contribution in [3.63, 3.8) is 0 Å². The second-order valence-electron chi connectivity index (χ2n) is 8.03. The number of anilines is 1. The van der Waals surface area contributed by atoms with Gasteiger partial charge in [0, 0.05) is 18.2 Å². The van der Waals surface area contributed by atoms with Crippen molar-refractivity contribution >= 4 is 27.5 Å². The summed E-state index contributed by atoms with van der Waals surface area (Å²) in [6, 6.07) is 14.4. The summed E-state index contributed by atoms with van der Waals surface area (Å²) < 4.78 is 67.2. The maximum Gasteiger partial charge on any atom is 0.501 e. The molecule has 1 aromatic heterocycles.